The molecule has 0 aromatic heterocycles. The van der Waals surface area contributed by atoms with Crippen LogP contribution in [-0.4, -0.2) is 54.9 Å². The Morgan fingerprint density at radius 2 is 2.11 bits per heavy atom. The fourth-order valence-corrected chi connectivity index (χ4v) is 3.23. The van der Waals surface area contributed by atoms with E-state index in [4.69, 9.17) is 10.9 Å². The van der Waals surface area contributed by atoms with Crippen LogP contribution in [0.4, 0.5) is 0 Å². The standard InChI is InChI=1S/C10H19N3O4S/c1-2-8(9(11)12-15)10(14)13-4-3-6-18(16,17)7-5-13/h8,15H,2-7H2,1H3,(H2,11,12). The highest BCUT2D eigenvalue weighted by atomic mass is 32.2. The minimum Gasteiger partial charge on any atom is -0.409 e. The third kappa shape index (κ3) is 3.59. The lowest BCUT2D eigenvalue weighted by molar-refractivity contribution is -0.133. The molecular formula is C10H19N3O4S. The number of hydrogen-bond donors (Lipinski definition) is 2. The Morgan fingerprint density at radius 3 is 2.67 bits per heavy atom. The van der Waals surface area contributed by atoms with Crippen LogP contribution in [0.2, 0.25) is 0 Å². The molecule has 0 aliphatic carbocycles. The number of amides is 1. The molecule has 1 amide bonds. The maximum atomic E-state index is 12.2. The highest BCUT2D eigenvalue weighted by Crippen LogP contribution is 2.12. The summed E-state index contributed by atoms with van der Waals surface area (Å²) >= 11 is 0. The van der Waals surface area contributed by atoms with Gasteiger partial charge in [-0.15, -0.1) is 0 Å². The van der Waals surface area contributed by atoms with Gasteiger partial charge in [0.15, 0.2) is 15.7 Å². The van der Waals surface area contributed by atoms with Gasteiger partial charge >= 0.3 is 0 Å². The molecule has 0 aromatic carbocycles. The smallest absolute Gasteiger partial charge is 0.233 e. The molecule has 1 rings (SSSR count). The van der Waals surface area contributed by atoms with E-state index in [-0.39, 0.29) is 29.8 Å². The average Bonchev–Trinajstić information content (AvgIpc) is 2.50. The lowest BCUT2D eigenvalue weighted by Crippen LogP contribution is -2.43. The minimum atomic E-state index is -3.05. The Bertz CT molecular complexity index is 432. The molecule has 8 heteroatoms. The Morgan fingerprint density at radius 1 is 1.44 bits per heavy atom. The van der Waals surface area contributed by atoms with Gasteiger partial charge < -0.3 is 15.8 Å². The molecule has 3 N–H and O–H groups in total. The second kappa shape index (κ2) is 6.03. The first-order chi connectivity index (χ1) is 8.41. The normalized spacial score (nSPS) is 22.3. The molecular weight excluding hydrogens is 258 g/mol. The summed E-state index contributed by atoms with van der Waals surface area (Å²) in [5.41, 5.74) is 5.46. The highest BCUT2D eigenvalue weighted by molar-refractivity contribution is 7.91. The molecule has 1 atom stereocenters. The highest BCUT2D eigenvalue weighted by Gasteiger charge is 2.29. The molecule has 18 heavy (non-hydrogen) atoms. The van der Waals surface area contributed by atoms with E-state index in [1.54, 1.807) is 6.92 Å². The zero-order chi connectivity index (χ0) is 13.8. The number of oxime groups is 1. The molecule has 0 saturated carbocycles. The summed E-state index contributed by atoms with van der Waals surface area (Å²) in [5.74, 6) is -1.00. The molecule has 104 valence electrons. The van der Waals surface area contributed by atoms with Crippen LogP contribution in [0.1, 0.15) is 19.8 Å². The van der Waals surface area contributed by atoms with Crippen molar-refractivity contribution in [3.63, 3.8) is 0 Å². The molecule has 0 spiro atoms. The summed E-state index contributed by atoms with van der Waals surface area (Å²) in [6.45, 7) is 2.33. The summed E-state index contributed by atoms with van der Waals surface area (Å²) in [4.78, 5) is 13.6. The topological polar surface area (TPSA) is 113 Å². The Kier molecular flexibility index (Phi) is 4.94. The van der Waals surface area contributed by atoms with E-state index < -0.39 is 15.8 Å². The van der Waals surface area contributed by atoms with Crippen LogP contribution < -0.4 is 5.73 Å². The first-order valence-electron chi connectivity index (χ1n) is 5.88. The second-order valence-corrected chi connectivity index (χ2v) is 6.62. The van der Waals surface area contributed by atoms with Crippen LogP contribution in [0.3, 0.4) is 0 Å². The number of rotatable bonds is 3. The van der Waals surface area contributed by atoms with Gasteiger partial charge in [-0.3, -0.25) is 4.79 Å². The molecule has 0 radical (unpaired) electrons. The maximum Gasteiger partial charge on any atom is 0.233 e. The fraction of sp³-hybridized carbons (Fsp3) is 0.800. The third-order valence-corrected chi connectivity index (χ3v) is 4.76. The molecule has 0 bridgehead atoms. The largest absolute Gasteiger partial charge is 0.409 e. The second-order valence-electron chi connectivity index (χ2n) is 4.32. The van der Waals surface area contributed by atoms with Gasteiger partial charge in [0.05, 0.1) is 17.4 Å². The Hall–Kier alpha value is -1.31. The van der Waals surface area contributed by atoms with Crippen molar-refractivity contribution in [3.8, 4) is 0 Å². The number of nitrogens with zero attached hydrogens (tertiary/aromatic N) is 2. The van der Waals surface area contributed by atoms with Gasteiger partial charge in [-0.05, 0) is 12.8 Å². The number of amidine groups is 1. The molecule has 1 heterocycles. The van der Waals surface area contributed by atoms with Gasteiger partial charge in [-0.2, -0.15) is 0 Å². The van der Waals surface area contributed by atoms with Gasteiger partial charge in [0.25, 0.3) is 0 Å². The number of hydrogen-bond acceptors (Lipinski definition) is 5. The van der Waals surface area contributed by atoms with Crippen LogP contribution in [0.5, 0.6) is 0 Å². The van der Waals surface area contributed by atoms with Gasteiger partial charge in [-0.1, -0.05) is 12.1 Å². The van der Waals surface area contributed by atoms with E-state index in [1.807, 2.05) is 0 Å². The van der Waals surface area contributed by atoms with Crippen molar-refractivity contribution in [2.45, 2.75) is 19.8 Å². The van der Waals surface area contributed by atoms with Crippen LogP contribution >= 0.6 is 0 Å². The van der Waals surface area contributed by atoms with E-state index >= 15 is 0 Å². The first-order valence-corrected chi connectivity index (χ1v) is 7.70. The van der Waals surface area contributed by atoms with E-state index in [2.05, 4.69) is 5.16 Å². The quantitative estimate of drug-likeness (QED) is 0.310. The van der Waals surface area contributed by atoms with Crippen molar-refractivity contribution in [1.29, 1.82) is 0 Å². The summed E-state index contributed by atoms with van der Waals surface area (Å²) in [6.07, 6.45) is 0.846. The molecule has 0 aromatic rings. The van der Waals surface area contributed by atoms with Gasteiger partial charge in [0, 0.05) is 13.1 Å². The summed E-state index contributed by atoms with van der Waals surface area (Å²) in [7, 11) is -3.05. The van der Waals surface area contributed by atoms with E-state index in [0.717, 1.165) is 0 Å². The van der Waals surface area contributed by atoms with Crippen molar-refractivity contribution in [2.75, 3.05) is 24.6 Å². The average molecular weight is 277 g/mol. The van der Waals surface area contributed by atoms with Gasteiger partial charge in [0.1, 0.15) is 0 Å². The van der Waals surface area contributed by atoms with Crippen LogP contribution in [0.15, 0.2) is 5.16 Å². The molecule has 1 aliphatic heterocycles. The number of carbonyl (C=O) groups is 1. The molecule has 7 nitrogen and oxygen atoms in total. The van der Waals surface area contributed by atoms with Gasteiger partial charge in [0.2, 0.25) is 5.91 Å². The van der Waals surface area contributed by atoms with Crippen molar-refractivity contribution in [1.82, 2.24) is 4.90 Å². The van der Waals surface area contributed by atoms with Gasteiger partial charge in [-0.25, -0.2) is 8.42 Å². The molecule has 1 saturated heterocycles. The number of nitrogens with two attached hydrogens (primary N) is 1. The molecule has 1 aliphatic rings. The third-order valence-electron chi connectivity index (χ3n) is 3.05. The first kappa shape index (κ1) is 14.7. The zero-order valence-corrected chi connectivity index (χ0v) is 11.2. The number of sulfone groups is 1. The monoisotopic (exact) mass is 277 g/mol. The summed E-state index contributed by atoms with van der Waals surface area (Å²) in [5, 5.41) is 11.5. The molecule has 1 unspecified atom stereocenters. The van der Waals surface area contributed by atoms with E-state index in [9.17, 15) is 13.2 Å². The predicted octanol–water partition coefficient (Wildman–Crippen LogP) is -0.594. The van der Waals surface area contributed by atoms with Crippen LogP contribution in [0.25, 0.3) is 0 Å². The maximum absolute atomic E-state index is 12.2. The van der Waals surface area contributed by atoms with Crippen molar-refractivity contribution >= 4 is 21.6 Å². The summed E-state index contributed by atoms with van der Waals surface area (Å²) in [6, 6.07) is 0. The fourth-order valence-electron chi connectivity index (χ4n) is 1.96. The lowest BCUT2D eigenvalue weighted by atomic mass is 10.0. The number of carbonyl (C=O) groups excluding carboxylic acids is 1. The molecule has 1 fully saturated rings. The SMILES string of the molecule is CCC(C(=O)N1CCCS(=O)(=O)CC1)C(N)=NO. The van der Waals surface area contributed by atoms with Crippen LogP contribution in [0, 0.1) is 5.92 Å². The summed E-state index contributed by atoms with van der Waals surface area (Å²) < 4.78 is 22.9. The Balaban J connectivity index is 2.77. The zero-order valence-electron chi connectivity index (χ0n) is 10.4. The van der Waals surface area contributed by atoms with Crippen molar-refractivity contribution in [2.24, 2.45) is 16.8 Å². The van der Waals surface area contributed by atoms with Crippen LogP contribution in [-0.2, 0) is 14.6 Å². The minimum absolute atomic E-state index is 0.0225. The Labute approximate surface area is 107 Å². The van der Waals surface area contributed by atoms with Crippen molar-refractivity contribution in [3.05, 3.63) is 0 Å². The predicted molar refractivity (Wildman–Crippen MR) is 67.0 cm³/mol. The lowest BCUT2D eigenvalue weighted by Gasteiger charge is -2.24. The van der Waals surface area contributed by atoms with E-state index in [0.29, 0.717) is 19.4 Å². The van der Waals surface area contributed by atoms with Crippen molar-refractivity contribution < 1.29 is 18.4 Å². The van der Waals surface area contributed by atoms with E-state index in [1.165, 1.54) is 4.90 Å².